The number of nitrogens with zero attached hydrogens (tertiary/aromatic N) is 2. The van der Waals surface area contributed by atoms with Crippen LogP contribution in [0.1, 0.15) is 22.8 Å². The predicted octanol–water partition coefficient (Wildman–Crippen LogP) is 3.85. The molecule has 0 saturated carbocycles. The Hall–Kier alpha value is -2.70. The predicted molar refractivity (Wildman–Crippen MR) is 144 cm³/mol. The average Bonchev–Trinajstić information content (AvgIpc) is 2.86. The van der Waals surface area contributed by atoms with Gasteiger partial charge in [0, 0.05) is 10.9 Å². The number of nitrogens with one attached hydrogen (secondary N) is 1. The summed E-state index contributed by atoms with van der Waals surface area (Å²) >= 11 is 12.4. The van der Waals surface area contributed by atoms with Crippen molar-refractivity contribution in [1.29, 1.82) is 0 Å². The third-order valence-corrected chi connectivity index (χ3v) is 7.14. The van der Waals surface area contributed by atoms with Crippen LogP contribution in [0, 0.1) is 6.92 Å². The second-order valence-corrected chi connectivity index (χ2v) is 10.3. The normalized spacial score (nSPS) is 11.4. The molecule has 0 unspecified atom stereocenters. The van der Waals surface area contributed by atoms with Gasteiger partial charge in [-0.25, -0.2) is 0 Å². The molecule has 2 N–H and O–H groups in total. The van der Waals surface area contributed by atoms with E-state index in [-0.39, 0.29) is 62.2 Å². The second kappa shape index (κ2) is 12.6. The zero-order valence-corrected chi connectivity index (χ0v) is 25.4. The summed E-state index contributed by atoms with van der Waals surface area (Å²) in [7, 11) is -4.63. The number of carbonyl (C=O) groups excluding carboxylic acids is 1. The van der Waals surface area contributed by atoms with Crippen LogP contribution < -0.4 is 44.7 Å². The summed E-state index contributed by atoms with van der Waals surface area (Å²) in [5, 5.41) is 25.0. The molecule has 0 saturated heterocycles. The van der Waals surface area contributed by atoms with Crippen LogP contribution in [0.2, 0.25) is 10.0 Å². The number of halogens is 2. The summed E-state index contributed by atoms with van der Waals surface area (Å²) in [5.41, 5.74) is 0.162. The SMILES string of the molecule is CCOc1cccc(Cl)c1NC(=O)c1cc2ccccc2c(N=Nc2cc(C)cc(S(=O)(=O)O)c2Cl)c1[O-].[Na+]. The minimum Gasteiger partial charge on any atom is -0.870 e. The molecule has 9 nitrogen and oxygen atoms in total. The quantitative estimate of drug-likeness (QED) is 0.189. The summed E-state index contributed by atoms with van der Waals surface area (Å²) in [6.45, 7) is 3.69. The second-order valence-electron chi connectivity index (χ2n) is 8.09. The van der Waals surface area contributed by atoms with Gasteiger partial charge in [0.2, 0.25) is 0 Å². The maximum atomic E-state index is 13.5. The molecular formula is C26H20Cl2N3NaO6S. The number of ether oxygens (including phenoxy) is 1. The standard InChI is InChI=1S/C26H21Cl2N3O6S.Na/c1-3-37-20-10-6-9-18(27)24(20)29-26(33)17-13-15-7-4-5-8-16(15)23(25(17)32)31-30-19-11-14(2)12-21(22(19)28)38(34,35)36;/h4-13,32H,3H2,1-2H3,(H,29,33)(H,34,35,36);/q;+1/p-1. The Labute approximate surface area is 256 Å². The van der Waals surface area contributed by atoms with Crippen molar-refractivity contribution in [2.45, 2.75) is 18.7 Å². The molecule has 13 heteroatoms. The zero-order chi connectivity index (χ0) is 27.6. The van der Waals surface area contributed by atoms with Crippen molar-refractivity contribution in [2.75, 3.05) is 11.9 Å². The van der Waals surface area contributed by atoms with Gasteiger partial charge in [0.15, 0.2) is 0 Å². The van der Waals surface area contributed by atoms with Gasteiger partial charge in [-0.15, -0.1) is 5.11 Å². The molecule has 0 spiro atoms. The molecule has 0 heterocycles. The van der Waals surface area contributed by atoms with E-state index in [9.17, 15) is 22.9 Å². The maximum Gasteiger partial charge on any atom is 1.00 e. The van der Waals surface area contributed by atoms with E-state index in [0.717, 1.165) is 0 Å². The van der Waals surface area contributed by atoms with E-state index in [2.05, 4.69) is 15.5 Å². The van der Waals surface area contributed by atoms with Gasteiger partial charge >= 0.3 is 29.6 Å². The molecule has 0 aliphatic carbocycles. The number of aryl methyl sites for hydroxylation is 1. The Balaban J connectivity index is 0.00000420. The Morgan fingerprint density at radius 3 is 2.49 bits per heavy atom. The van der Waals surface area contributed by atoms with Crippen molar-refractivity contribution < 1.29 is 57.2 Å². The molecule has 0 radical (unpaired) electrons. The van der Waals surface area contributed by atoms with Crippen molar-refractivity contribution in [2.24, 2.45) is 10.2 Å². The maximum absolute atomic E-state index is 13.5. The molecule has 4 aromatic carbocycles. The fourth-order valence-corrected chi connectivity index (χ4v) is 5.06. The molecule has 0 aliphatic heterocycles. The molecule has 0 aromatic heterocycles. The van der Waals surface area contributed by atoms with Gasteiger partial charge in [0.25, 0.3) is 16.0 Å². The Morgan fingerprint density at radius 1 is 1.08 bits per heavy atom. The average molecular weight is 596 g/mol. The van der Waals surface area contributed by atoms with E-state index in [1.54, 1.807) is 56.3 Å². The van der Waals surface area contributed by atoms with Gasteiger partial charge < -0.3 is 15.2 Å². The van der Waals surface area contributed by atoms with Crippen LogP contribution >= 0.6 is 23.2 Å². The molecule has 0 atom stereocenters. The topological polar surface area (TPSA) is 140 Å². The number of para-hydroxylation sites is 1. The van der Waals surface area contributed by atoms with Gasteiger partial charge in [0.05, 0.1) is 22.3 Å². The van der Waals surface area contributed by atoms with Crippen molar-refractivity contribution in [1.82, 2.24) is 0 Å². The first-order valence-corrected chi connectivity index (χ1v) is 13.4. The number of benzene rings is 4. The first-order valence-electron chi connectivity index (χ1n) is 11.2. The number of anilines is 1. The number of rotatable bonds is 7. The van der Waals surface area contributed by atoms with E-state index >= 15 is 0 Å². The van der Waals surface area contributed by atoms with Crippen LogP contribution in [0.25, 0.3) is 10.8 Å². The molecule has 1 amide bonds. The molecular weight excluding hydrogens is 576 g/mol. The van der Waals surface area contributed by atoms with Crippen LogP contribution in [0.15, 0.2) is 75.8 Å². The van der Waals surface area contributed by atoms with Gasteiger partial charge in [-0.05, 0) is 55.1 Å². The van der Waals surface area contributed by atoms with Crippen molar-refractivity contribution in [3.63, 3.8) is 0 Å². The molecule has 196 valence electrons. The number of amides is 1. The summed E-state index contributed by atoms with van der Waals surface area (Å²) in [6, 6.07) is 15.7. The first-order chi connectivity index (χ1) is 18.0. The number of azo groups is 1. The third-order valence-electron chi connectivity index (χ3n) is 5.43. The minimum atomic E-state index is -4.63. The minimum absolute atomic E-state index is 0. The number of hydrogen-bond acceptors (Lipinski definition) is 7. The number of fused-ring (bicyclic) bond motifs is 1. The molecule has 4 rings (SSSR count). The van der Waals surface area contributed by atoms with E-state index in [4.69, 9.17) is 27.9 Å². The Kier molecular flexibility index (Phi) is 10.0. The van der Waals surface area contributed by atoms with Crippen LogP contribution in [0.4, 0.5) is 17.1 Å². The summed E-state index contributed by atoms with van der Waals surface area (Å²) in [6.07, 6.45) is 0. The summed E-state index contributed by atoms with van der Waals surface area (Å²) in [5.74, 6) is -1.13. The Morgan fingerprint density at radius 2 is 1.79 bits per heavy atom. The van der Waals surface area contributed by atoms with Crippen LogP contribution in [-0.2, 0) is 10.1 Å². The van der Waals surface area contributed by atoms with Gasteiger partial charge in [-0.3, -0.25) is 9.35 Å². The largest absolute Gasteiger partial charge is 1.00 e. The number of hydrogen-bond donors (Lipinski definition) is 2. The van der Waals surface area contributed by atoms with Gasteiger partial charge in [-0.1, -0.05) is 59.3 Å². The van der Waals surface area contributed by atoms with Crippen LogP contribution in [0.5, 0.6) is 11.5 Å². The Bertz CT molecular complexity index is 1710. The molecule has 0 bridgehead atoms. The van der Waals surface area contributed by atoms with Crippen LogP contribution in [-0.4, -0.2) is 25.5 Å². The molecule has 4 aromatic rings. The van der Waals surface area contributed by atoms with E-state index in [1.807, 2.05) is 0 Å². The van der Waals surface area contributed by atoms with Gasteiger partial charge in [0.1, 0.15) is 22.0 Å². The summed E-state index contributed by atoms with van der Waals surface area (Å²) in [4.78, 5) is 12.7. The van der Waals surface area contributed by atoms with Crippen molar-refractivity contribution in [3.05, 3.63) is 81.8 Å². The monoisotopic (exact) mass is 595 g/mol. The van der Waals surface area contributed by atoms with Crippen LogP contribution in [0.3, 0.4) is 0 Å². The van der Waals surface area contributed by atoms with Gasteiger partial charge in [-0.2, -0.15) is 13.5 Å². The van der Waals surface area contributed by atoms with E-state index < -0.39 is 26.7 Å². The number of carbonyl (C=O) groups is 1. The molecule has 0 fully saturated rings. The van der Waals surface area contributed by atoms with E-state index in [0.29, 0.717) is 28.7 Å². The third kappa shape index (κ3) is 6.72. The zero-order valence-electron chi connectivity index (χ0n) is 21.0. The van der Waals surface area contributed by atoms with Crippen molar-refractivity contribution in [3.8, 4) is 11.5 Å². The summed E-state index contributed by atoms with van der Waals surface area (Å²) < 4.78 is 38.4. The first kappa shape index (κ1) is 30.8. The fourth-order valence-electron chi connectivity index (χ4n) is 3.74. The van der Waals surface area contributed by atoms with Crippen molar-refractivity contribution >= 4 is 67.1 Å². The molecule has 39 heavy (non-hydrogen) atoms. The molecule has 0 aliphatic rings. The fraction of sp³-hybridized carbons (Fsp3) is 0.115. The van der Waals surface area contributed by atoms with E-state index in [1.165, 1.54) is 18.2 Å². The smallest absolute Gasteiger partial charge is 0.870 e.